The number of nitrogens with one attached hydrogen (secondary N) is 1. The van der Waals surface area contributed by atoms with Crippen molar-refractivity contribution in [2.45, 2.75) is 52.3 Å². The van der Waals surface area contributed by atoms with Crippen LogP contribution < -0.4 is 5.32 Å². The van der Waals surface area contributed by atoms with Gasteiger partial charge < -0.3 is 5.32 Å². The van der Waals surface area contributed by atoms with Gasteiger partial charge in [-0.1, -0.05) is 34.1 Å². The summed E-state index contributed by atoms with van der Waals surface area (Å²) >= 11 is 4.28. The smallest absolute Gasteiger partial charge is 0.233 e. The molecule has 14 heavy (non-hydrogen) atoms. The zero-order chi connectivity index (χ0) is 11.3. The maximum absolute atomic E-state index is 11.6. The van der Waals surface area contributed by atoms with E-state index in [2.05, 4.69) is 31.8 Å². The molecule has 0 saturated carbocycles. The standard InChI is InChI=1S/C11H23NOS/c1-6-8(4)9(5)12-11(13)10(14)7(2)3/h7-10,14H,6H2,1-5H3,(H,12,13). The molecule has 2 nitrogen and oxygen atoms in total. The molecule has 1 N–H and O–H groups in total. The summed E-state index contributed by atoms with van der Waals surface area (Å²) in [5.41, 5.74) is 0. The van der Waals surface area contributed by atoms with Crippen molar-refractivity contribution in [2.75, 3.05) is 0 Å². The summed E-state index contributed by atoms with van der Waals surface area (Å²) in [5, 5.41) is 2.80. The van der Waals surface area contributed by atoms with E-state index in [4.69, 9.17) is 0 Å². The topological polar surface area (TPSA) is 29.1 Å². The molecule has 0 bridgehead atoms. The van der Waals surface area contributed by atoms with Crippen LogP contribution in [0.1, 0.15) is 41.0 Å². The molecule has 0 aliphatic carbocycles. The Morgan fingerprint density at radius 3 is 2.14 bits per heavy atom. The van der Waals surface area contributed by atoms with Crippen LogP contribution in [0.4, 0.5) is 0 Å². The third kappa shape index (κ3) is 4.36. The average molecular weight is 217 g/mol. The van der Waals surface area contributed by atoms with Gasteiger partial charge in [0.15, 0.2) is 0 Å². The molecule has 0 spiro atoms. The molecule has 3 unspecified atom stereocenters. The molecule has 0 saturated heterocycles. The fourth-order valence-electron chi connectivity index (χ4n) is 1.11. The van der Waals surface area contributed by atoms with Gasteiger partial charge in [-0.05, 0) is 18.8 Å². The molecule has 0 aromatic rings. The fourth-order valence-corrected chi connectivity index (χ4v) is 1.18. The molecule has 3 atom stereocenters. The van der Waals surface area contributed by atoms with Gasteiger partial charge in [-0.15, -0.1) is 0 Å². The first-order valence-corrected chi connectivity index (χ1v) is 5.90. The highest BCUT2D eigenvalue weighted by Gasteiger charge is 2.20. The molecular weight excluding hydrogens is 194 g/mol. The second kappa shape index (κ2) is 6.33. The normalized spacial score (nSPS) is 17.6. The summed E-state index contributed by atoms with van der Waals surface area (Å²) in [5.74, 6) is 0.852. The van der Waals surface area contributed by atoms with E-state index in [1.165, 1.54) is 0 Å². The Labute approximate surface area is 93.3 Å². The highest BCUT2D eigenvalue weighted by Crippen LogP contribution is 2.11. The minimum absolute atomic E-state index is 0.0520. The molecule has 0 aromatic carbocycles. The van der Waals surface area contributed by atoms with Crippen molar-refractivity contribution in [3.63, 3.8) is 0 Å². The first-order valence-electron chi connectivity index (χ1n) is 5.38. The third-order valence-electron chi connectivity index (χ3n) is 2.77. The first kappa shape index (κ1) is 13.8. The van der Waals surface area contributed by atoms with Crippen LogP contribution in [0.25, 0.3) is 0 Å². The van der Waals surface area contributed by atoms with Gasteiger partial charge in [-0.3, -0.25) is 4.79 Å². The molecular formula is C11H23NOS. The Bertz CT molecular complexity index is 182. The van der Waals surface area contributed by atoms with Gasteiger partial charge in [0.2, 0.25) is 5.91 Å². The second-order valence-electron chi connectivity index (χ2n) is 4.37. The maximum Gasteiger partial charge on any atom is 0.233 e. The van der Waals surface area contributed by atoms with Crippen LogP contribution in [0.5, 0.6) is 0 Å². The van der Waals surface area contributed by atoms with E-state index in [-0.39, 0.29) is 23.1 Å². The van der Waals surface area contributed by atoms with Crippen molar-refractivity contribution in [3.8, 4) is 0 Å². The SMILES string of the molecule is CCC(C)C(C)NC(=O)C(S)C(C)C. The fraction of sp³-hybridized carbons (Fsp3) is 0.909. The van der Waals surface area contributed by atoms with Gasteiger partial charge in [-0.25, -0.2) is 0 Å². The summed E-state index contributed by atoms with van der Waals surface area (Å²) in [6, 6.07) is 0.237. The lowest BCUT2D eigenvalue weighted by molar-refractivity contribution is -0.122. The lowest BCUT2D eigenvalue weighted by Gasteiger charge is -2.23. The molecule has 0 rings (SSSR count). The molecule has 0 aliphatic rings. The largest absolute Gasteiger partial charge is 0.352 e. The summed E-state index contributed by atoms with van der Waals surface area (Å²) in [7, 11) is 0. The van der Waals surface area contributed by atoms with Gasteiger partial charge >= 0.3 is 0 Å². The van der Waals surface area contributed by atoms with E-state index < -0.39 is 0 Å². The van der Waals surface area contributed by atoms with Crippen LogP contribution in [-0.2, 0) is 4.79 Å². The number of amides is 1. The number of rotatable bonds is 5. The van der Waals surface area contributed by atoms with E-state index in [1.807, 2.05) is 20.8 Å². The van der Waals surface area contributed by atoms with Crippen LogP contribution in [0.15, 0.2) is 0 Å². The number of hydrogen-bond donors (Lipinski definition) is 2. The number of thiol groups is 1. The lowest BCUT2D eigenvalue weighted by atomic mass is 10.0. The molecule has 1 amide bonds. The number of hydrogen-bond acceptors (Lipinski definition) is 2. The van der Waals surface area contributed by atoms with Crippen molar-refractivity contribution >= 4 is 18.5 Å². The van der Waals surface area contributed by atoms with Crippen molar-refractivity contribution in [1.29, 1.82) is 0 Å². The van der Waals surface area contributed by atoms with Crippen molar-refractivity contribution in [3.05, 3.63) is 0 Å². The third-order valence-corrected chi connectivity index (χ3v) is 3.60. The van der Waals surface area contributed by atoms with E-state index in [0.29, 0.717) is 5.92 Å². The highest BCUT2D eigenvalue weighted by atomic mass is 32.1. The Kier molecular flexibility index (Phi) is 6.25. The van der Waals surface area contributed by atoms with E-state index in [9.17, 15) is 4.79 Å². The van der Waals surface area contributed by atoms with E-state index in [0.717, 1.165) is 6.42 Å². The zero-order valence-electron chi connectivity index (χ0n) is 9.87. The minimum atomic E-state index is -0.193. The van der Waals surface area contributed by atoms with Crippen LogP contribution in [0.3, 0.4) is 0 Å². The van der Waals surface area contributed by atoms with Gasteiger partial charge in [0.25, 0.3) is 0 Å². The summed E-state index contributed by atoms with van der Waals surface area (Å²) in [6.45, 7) is 10.3. The van der Waals surface area contributed by atoms with Crippen molar-refractivity contribution in [1.82, 2.24) is 5.32 Å². The highest BCUT2D eigenvalue weighted by molar-refractivity contribution is 7.81. The number of carbonyl (C=O) groups excluding carboxylic acids is 1. The lowest BCUT2D eigenvalue weighted by Crippen LogP contribution is -2.42. The Balaban J connectivity index is 4.05. The van der Waals surface area contributed by atoms with Crippen LogP contribution >= 0.6 is 12.6 Å². The molecule has 3 heteroatoms. The first-order chi connectivity index (χ1) is 6.40. The maximum atomic E-state index is 11.6. The van der Waals surface area contributed by atoms with E-state index >= 15 is 0 Å². The Morgan fingerprint density at radius 2 is 1.79 bits per heavy atom. The summed E-state index contributed by atoms with van der Waals surface area (Å²) in [4.78, 5) is 11.6. The van der Waals surface area contributed by atoms with Crippen LogP contribution in [0, 0.1) is 11.8 Å². The van der Waals surface area contributed by atoms with Crippen LogP contribution in [-0.4, -0.2) is 17.2 Å². The Hall–Kier alpha value is -0.180. The quantitative estimate of drug-likeness (QED) is 0.681. The monoisotopic (exact) mass is 217 g/mol. The molecule has 0 radical (unpaired) electrons. The molecule has 0 aliphatic heterocycles. The van der Waals surface area contributed by atoms with Crippen molar-refractivity contribution in [2.24, 2.45) is 11.8 Å². The second-order valence-corrected chi connectivity index (χ2v) is 4.93. The van der Waals surface area contributed by atoms with Gasteiger partial charge in [0, 0.05) is 6.04 Å². The van der Waals surface area contributed by atoms with Crippen LogP contribution in [0.2, 0.25) is 0 Å². The Morgan fingerprint density at radius 1 is 1.29 bits per heavy atom. The molecule has 84 valence electrons. The molecule has 0 heterocycles. The summed E-state index contributed by atoms with van der Waals surface area (Å²) in [6.07, 6.45) is 1.08. The van der Waals surface area contributed by atoms with Gasteiger partial charge in [-0.2, -0.15) is 12.6 Å². The summed E-state index contributed by atoms with van der Waals surface area (Å²) < 4.78 is 0. The van der Waals surface area contributed by atoms with E-state index in [1.54, 1.807) is 0 Å². The average Bonchev–Trinajstić information content (AvgIpc) is 2.14. The predicted molar refractivity (Wildman–Crippen MR) is 64.7 cm³/mol. The minimum Gasteiger partial charge on any atom is -0.352 e. The molecule has 0 aromatic heterocycles. The van der Waals surface area contributed by atoms with Gasteiger partial charge in [0.05, 0.1) is 5.25 Å². The number of carbonyl (C=O) groups is 1. The van der Waals surface area contributed by atoms with Gasteiger partial charge in [0.1, 0.15) is 0 Å². The predicted octanol–water partition coefficient (Wildman–Crippen LogP) is 2.49. The van der Waals surface area contributed by atoms with Crippen molar-refractivity contribution < 1.29 is 4.79 Å². The molecule has 0 fully saturated rings. The zero-order valence-corrected chi connectivity index (χ0v) is 10.8.